The first-order chi connectivity index (χ1) is 4.79. The Morgan fingerprint density at radius 1 is 1.60 bits per heavy atom. The lowest BCUT2D eigenvalue weighted by atomic mass is 10.1. The maximum atomic E-state index is 4.70. The molecule has 1 aromatic heterocycles. The van der Waals surface area contributed by atoms with Crippen LogP contribution in [0.1, 0.15) is 26.0 Å². The van der Waals surface area contributed by atoms with Crippen molar-refractivity contribution in [2.45, 2.75) is 26.7 Å². The molecule has 0 fully saturated rings. The molecule has 1 rings (SSSR count). The van der Waals surface area contributed by atoms with Gasteiger partial charge in [0.25, 0.3) is 0 Å². The lowest BCUT2D eigenvalue weighted by molar-refractivity contribution is 0.408. The Labute approximate surface area is 61.2 Å². The molecule has 56 valence electrons. The Kier molecular flexibility index (Phi) is 2.49. The van der Waals surface area contributed by atoms with Gasteiger partial charge in [-0.2, -0.15) is 0 Å². The van der Waals surface area contributed by atoms with Gasteiger partial charge in [0.05, 0.1) is 5.69 Å². The molecule has 0 spiro atoms. The lowest BCUT2D eigenvalue weighted by Gasteiger charge is -1.99. The van der Waals surface area contributed by atoms with Crippen LogP contribution in [0, 0.1) is 5.92 Å². The Morgan fingerprint density at radius 3 is 2.90 bits per heavy atom. The zero-order valence-electron chi connectivity index (χ0n) is 6.50. The number of nitrogens with zero attached hydrogens (tertiary/aromatic N) is 1. The summed E-state index contributed by atoms with van der Waals surface area (Å²) < 4.78 is 4.70. The summed E-state index contributed by atoms with van der Waals surface area (Å²) in [6.45, 7) is 4.42. The molecular formula is C8H13NO. The molecule has 0 amide bonds. The number of aromatic nitrogens is 1. The van der Waals surface area contributed by atoms with Gasteiger partial charge in [0.2, 0.25) is 0 Å². The smallest absolute Gasteiger partial charge is 0.124 e. The predicted octanol–water partition coefficient (Wildman–Crippen LogP) is 2.26. The number of aryl methyl sites for hydroxylation is 1. The van der Waals surface area contributed by atoms with Crippen molar-refractivity contribution in [3.05, 3.63) is 18.0 Å². The molecule has 2 heteroatoms. The zero-order valence-corrected chi connectivity index (χ0v) is 6.50. The van der Waals surface area contributed by atoms with Crippen LogP contribution in [0.5, 0.6) is 0 Å². The molecule has 0 radical (unpaired) electrons. The average Bonchev–Trinajstić information content (AvgIpc) is 2.34. The quantitative estimate of drug-likeness (QED) is 0.642. The normalized spacial score (nSPS) is 10.7. The summed E-state index contributed by atoms with van der Waals surface area (Å²) in [5.41, 5.74) is 1.06. The van der Waals surface area contributed by atoms with E-state index in [9.17, 15) is 0 Å². The topological polar surface area (TPSA) is 26.0 Å². The monoisotopic (exact) mass is 139 g/mol. The highest BCUT2D eigenvalue weighted by Crippen LogP contribution is 2.05. The molecular weight excluding hydrogens is 126 g/mol. The summed E-state index contributed by atoms with van der Waals surface area (Å²) >= 11 is 0. The van der Waals surface area contributed by atoms with E-state index in [1.165, 1.54) is 6.42 Å². The largest absolute Gasteiger partial charge is 0.365 e. The minimum absolute atomic E-state index is 0.747. The van der Waals surface area contributed by atoms with Crippen molar-refractivity contribution in [2.24, 2.45) is 5.92 Å². The van der Waals surface area contributed by atoms with Crippen LogP contribution in [0.15, 0.2) is 16.9 Å². The Bertz CT molecular complexity index is 167. The summed E-state index contributed by atoms with van der Waals surface area (Å²) in [7, 11) is 0. The van der Waals surface area contributed by atoms with Gasteiger partial charge in [0.15, 0.2) is 0 Å². The van der Waals surface area contributed by atoms with Gasteiger partial charge in [0.1, 0.15) is 6.26 Å². The van der Waals surface area contributed by atoms with Crippen LogP contribution in [0.4, 0.5) is 0 Å². The first kappa shape index (κ1) is 7.32. The predicted molar refractivity (Wildman–Crippen MR) is 39.7 cm³/mol. The molecule has 1 aromatic rings. The highest BCUT2D eigenvalue weighted by Gasteiger charge is 1.97. The summed E-state index contributed by atoms with van der Waals surface area (Å²) in [4.78, 5) is 0. The molecule has 0 aliphatic heterocycles. The van der Waals surface area contributed by atoms with Crippen molar-refractivity contribution in [3.63, 3.8) is 0 Å². The van der Waals surface area contributed by atoms with Gasteiger partial charge in [-0.3, -0.25) is 0 Å². The molecule has 0 saturated heterocycles. The second-order valence-electron chi connectivity index (χ2n) is 2.92. The van der Waals surface area contributed by atoms with Crippen LogP contribution in [0.3, 0.4) is 0 Å². The van der Waals surface area contributed by atoms with E-state index in [1.807, 2.05) is 6.07 Å². The van der Waals surface area contributed by atoms with Crippen LogP contribution >= 0.6 is 0 Å². The van der Waals surface area contributed by atoms with E-state index in [4.69, 9.17) is 4.52 Å². The zero-order chi connectivity index (χ0) is 7.40. The fourth-order valence-corrected chi connectivity index (χ4v) is 0.803. The van der Waals surface area contributed by atoms with Crippen LogP contribution in [-0.2, 0) is 6.42 Å². The standard InChI is InChI=1S/C8H13NO/c1-7(2)3-4-8-5-6-10-9-8/h5-7H,3-4H2,1-2H3. The minimum Gasteiger partial charge on any atom is -0.365 e. The molecule has 0 unspecified atom stereocenters. The van der Waals surface area contributed by atoms with Crippen LogP contribution in [0.25, 0.3) is 0 Å². The summed E-state index contributed by atoms with van der Waals surface area (Å²) in [5.74, 6) is 0.747. The Balaban J connectivity index is 2.28. The van der Waals surface area contributed by atoms with E-state index >= 15 is 0 Å². The second kappa shape index (κ2) is 3.40. The third-order valence-electron chi connectivity index (χ3n) is 1.47. The minimum atomic E-state index is 0.747. The van der Waals surface area contributed by atoms with Gasteiger partial charge in [-0.05, 0) is 18.8 Å². The summed E-state index contributed by atoms with van der Waals surface area (Å²) in [5, 5.41) is 3.81. The van der Waals surface area contributed by atoms with Crippen LogP contribution < -0.4 is 0 Å². The van der Waals surface area contributed by atoms with Gasteiger partial charge in [-0.1, -0.05) is 19.0 Å². The Morgan fingerprint density at radius 2 is 2.40 bits per heavy atom. The van der Waals surface area contributed by atoms with Gasteiger partial charge in [-0.15, -0.1) is 0 Å². The lowest BCUT2D eigenvalue weighted by Crippen LogP contribution is -1.91. The van der Waals surface area contributed by atoms with Gasteiger partial charge in [-0.25, -0.2) is 0 Å². The molecule has 0 aliphatic carbocycles. The van der Waals surface area contributed by atoms with Crippen molar-refractivity contribution >= 4 is 0 Å². The van der Waals surface area contributed by atoms with E-state index in [2.05, 4.69) is 19.0 Å². The molecule has 2 nitrogen and oxygen atoms in total. The van der Waals surface area contributed by atoms with Crippen molar-refractivity contribution in [1.82, 2.24) is 5.16 Å². The van der Waals surface area contributed by atoms with Crippen molar-refractivity contribution in [1.29, 1.82) is 0 Å². The molecule has 0 aromatic carbocycles. The maximum absolute atomic E-state index is 4.70. The van der Waals surface area contributed by atoms with E-state index in [-0.39, 0.29) is 0 Å². The number of rotatable bonds is 3. The third-order valence-corrected chi connectivity index (χ3v) is 1.47. The highest BCUT2D eigenvalue weighted by molar-refractivity contribution is 4.94. The molecule has 0 saturated carbocycles. The van der Waals surface area contributed by atoms with E-state index in [0.717, 1.165) is 18.0 Å². The van der Waals surface area contributed by atoms with E-state index in [1.54, 1.807) is 6.26 Å². The van der Waals surface area contributed by atoms with Gasteiger partial charge in [0, 0.05) is 6.07 Å². The van der Waals surface area contributed by atoms with Crippen molar-refractivity contribution in [2.75, 3.05) is 0 Å². The van der Waals surface area contributed by atoms with Crippen LogP contribution in [0.2, 0.25) is 0 Å². The molecule has 10 heavy (non-hydrogen) atoms. The molecule has 0 N–H and O–H groups in total. The highest BCUT2D eigenvalue weighted by atomic mass is 16.5. The number of hydrogen-bond acceptors (Lipinski definition) is 2. The third kappa shape index (κ3) is 2.21. The van der Waals surface area contributed by atoms with Crippen molar-refractivity contribution in [3.8, 4) is 0 Å². The first-order valence-corrected chi connectivity index (χ1v) is 3.68. The fourth-order valence-electron chi connectivity index (χ4n) is 0.803. The molecule has 1 heterocycles. The van der Waals surface area contributed by atoms with E-state index in [0.29, 0.717) is 0 Å². The SMILES string of the molecule is CC(C)CCc1ccon1. The molecule has 0 atom stereocenters. The summed E-state index contributed by atoms with van der Waals surface area (Å²) in [6, 6.07) is 1.92. The van der Waals surface area contributed by atoms with Gasteiger partial charge < -0.3 is 4.52 Å². The van der Waals surface area contributed by atoms with Crippen molar-refractivity contribution < 1.29 is 4.52 Å². The molecule has 0 aliphatic rings. The summed E-state index contributed by atoms with van der Waals surface area (Å²) in [6.07, 6.45) is 3.84. The molecule has 0 bridgehead atoms. The first-order valence-electron chi connectivity index (χ1n) is 3.68. The Hall–Kier alpha value is -0.790. The second-order valence-corrected chi connectivity index (χ2v) is 2.92. The maximum Gasteiger partial charge on any atom is 0.124 e. The van der Waals surface area contributed by atoms with Gasteiger partial charge >= 0.3 is 0 Å². The number of hydrogen-bond donors (Lipinski definition) is 0. The van der Waals surface area contributed by atoms with Crippen LogP contribution in [-0.4, -0.2) is 5.16 Å². The van der Waals surface area contributed by atoms with E-state index < -0.39 is 0 Å². The fraction of sp³-hybridized carbons (Fsp3) is 0.625. The average molecular weight is 139 g/mol.